The first-order valence-electron chi connectivity index (χ1n) is 7.60. The van der Waals surface area contributed by atoms with Crippen molar-refractivity contribution in [2.45, 2.75) is 58.0 Å². The maximum absolute atomic E-state index is 11.5. The van der Waals surface area contributed by atoms with Crippen LogP contribution >= 0.6 is 0 Å². The summed E-state index contributed by atoms with van der Waals surface area (Å²) in [5, 5.41) is 3.48. The van der Waals surface area contributed by atoms with E-state index in [4.69, 9.17) is 4.74 Å². The Kier molecular flexibility index (Phi) is 8.72. The Balaban J connectivity index is 2.38. The van der Waals surface area contributed by atoms with E-state index in [1.807, 2.05) is 18.2 Å². The van der Waals surface area contributed by atoms with Crippen molar-refractivity contribution in [2.24, 2.45) is 0 Å². The molecule has 0 aliphatic heterocycles. The Morgan fingerprint density at radius 3 is 2.60 bits per heavy atom. The fourth-order valence-electron chi connectivity index (χ4n) is 2.24. The first-order chi connectivity index (χ1) is 9.76. The average molecular weight is 277 g/mol. The number of ether oxygens (including phenoxy) is 1. The summed E-state index contributed by atoms with van der Waals surface area (Å²) in [7, 11) is 1.45. The molecule has 0 amide bonds. The molecule has 1 aromatic rings. The third-order valence-electron chi connectivity index (χ3n) is 3.48. The van der Waals surface area contributed by atoms with Crippen LogP contribution in [0.15, 0.2) is 30.3 Å². The first-order valence-corrected chi connectivity index (χ1v) is 7.60. The van der Waals surface area contributed by atoms with Crippen LogP contribution in [0, 0.1) is 0 Å². The number of hydrogen-bond acceptors (Lipinski definition) is 3. The summed E-state index contributed by atoms with van der Waals surface area (Å²) in [6.07, 6.45) is 6.39. The third-order valence-corrected chi connectivity index (χ3v) is 3.48. The van der Waals surface area contributed by atoms with Gasteiger partial charge in [-0.1, -0.05) is 62.9 Å². The standard InChI is InChI=1S/C17H27NO2/c1-3-4-5-9-12-16(13-17(19)20-2)18-14-15-10-7-6-8-11-15/h6-8,10-11,16,18H,3-5,9,12-14H2,1-2H3. The minimum atomic E-state index is -0.133. The van der Waals surface area contributed by atoms with E-state index in [-0.39, 0.29) is 12.0 Å². The van der Waals surface area contributed by atoms with Gasteiger partial charge in [-0.25, -0.2) is 0 Å². The molecule has 1 N–H and O–H groups in total. The van der Waals surface area contributed by atoms with Gasteiger partial charge in [0.2, 0.25) is 0 Å². The Morgan fingerprint density at radius 1 is 1.20 bits per heavy atom. The number of nitrogens with one attached hydrogen (secondary N) is 1. The summed E-state index contributed by atoms with van der Waals surface area (Å²) in [6, 6.07) is 10.5. The summed E-state index contributed by atoms with van der Waals surface area (Å²) in [6.45, 7) is 3.01. The first kappa shape index (κ1) is 16.7. The molecule has 0 saturated heterocycles. The number of rotatable bonds is 10. The van der Waals surface area contributed by atoms with Crippen molar-refractivity contribution >= 4 is 5.97 Å². The van der Waals surface area contributed by atoms with Gasteiger partial charge in [0.05, 0.1) is 13.5 Å². The van der Waals surface area contributed by atoms with E-state index in [0.717, 1.165) is 19.4 Å². The number of carbonyl (C=O) groups is 1. The minimum Gasteiger partial charge on any atom is -0.469 e. The molecule has 20 heavy (non-hydrogen) atoms. The highest BCUT2D eigenvalue weighted by atomic mass is 16.5. The van der Waals surface area contributed by atoms with Gasteiger partial charge in [-0.05, 0) is 12.0 Å². The van der Waals surface area contributed by atoms with Crippen LogP contribution in [0.3, 0.4) is 0 Å². The zero-order chi connectivity index (χ0) is 14.6. The zero-order valence-corrected chi connectivity index (χ0v) is 12.7. The number of unbranched alkanes of at least 4 members (excludes halogenated alkanes) is 3. The van der Waals surface area contributed by atoms with Crippen molar-refractivity contribution < 1.29 is 9.53 Å². The molecule has 0 radical (unpaired) electrons. The van der Waals surface area contributed by atoms with Gasteiger partial charge >= 0.3 is 5.97 Å². The predicted octanol–water partition coefficient (Wildman–Crippen LogP) is 3.68. The van der Waals surface area contributed by atoms with E-state index >= 15 is 0 Å². The second-order valence-corrected chi connectivity index (χ2v) is 5.19. The van der Waals surface area contributed by atoms with Crippen LogP contribution in [0.2, 0.25) is 0 Å². The fraction of sp³-hybridized carbons (Fsp3) is 0.588. The van der Waals surface area contributed by atoms with Crippen LogP contribution in [0.4, 0.5) is 0 Å². The molecule has 1 atom stereocenters. The topological polar surface area (TPSA) is 38.3 Å². The molecule has 1 aromatic carbocycles. The number of carbonyl (C=O) groups excluding carboxylic acids is 1. The van der Waals surface area contributed by atoms with E-state index in [1.54, 1.807) is 0 Å². The van der Waals surface area contributed by atoms with E-state index in [9.17, 15) is 4.79 Å². The van der Waals surface area contributed by atoms with Gasteiger partial charge < -0.3 is 10.1 Å². The number of esters is 1. The molecule has 0 saturated carbocycles. The van der Waals surface area contributed by atoms with Crippen LogP contribution in [-0.4, -0.2) is 19.1 Å². The highest BCUT2D eigenvalue weighted by Crippen LogP contribution is 2.10. The molecule has 1 unspecified atom stereocenters. The molecule has 112 valence electrons. The van der Waals surface area contributed by atoms with E-state index in [0.29, 0.717) is 6.42 Å². The average Bonchev–Trinajstić information content (AvgIpc) is 2.49. The van der Waals surface area contributed by atoms with Crippen LogP contribution in [-0.2, 0) is 16.1 Å². The summed E-state index contributed by atoms with van der Waals surface area (Å²) in [5.41, 5.74) is 1.25. The van der Waals surface area contributed by atoms with Crippen LogP contribution in [0.1, 0.15) is 51.0 Å². The quantitative estimate of drug-likeness (QED) is 0.524. The molecule has 0 bridgehead atoms. The van der Waals surface area contributed by atoms with Gasteiger partial charge in [0.15, 0.2) is 0 Å². The van der Waals surface area contributed by atoms with Crippen molar-refractivity contribution in [1.29, 1.82) is 0 Å². The lowest BCUT2D eigenvalue weighted by Gasteiger charge is -2.17. The summed E-state index contributed by atoms with van der Waals surface area (Å²) in [5.74, 6) is -0.133. The molecular formula is C17H27NO2. The molecule has 0 aromatic heterocycles. The van der Waals surface area contributed by atoms with Gasteiger partial charge in [-0.15, -0.1) is 0 Å². The molecule has 0 aliphatic rings. The lowest BCUT2D eigenvalue weighted by Crippen LogP contribution is -2.31. The largest absolute Gasteiger partial charge is 0.469 e. The highest BCUT2D eigenvalue weighted by molar-refractivity contribution is 5.69. The lowest BCUT2D eigenvalue weighted by molar-refractivity contribution is -0.141. The minimum absolute atomic E-state index is 0.133. The van der Waals surface area contributed by atoms with Gasteiger partial charge in [0, 0.05) is 12.6 Å². The smallest absolute Gasteiger partial charge is 0.307 e. The van der Waals surface area contributed by atoms with Crippen molar-refractivity contribution in [3.8, 4) is 0 Å². The molecule has 0 spiro atoms. The molecule has 1 rings (SSSR count). The molecule has 3 nitrogen and oxygen atoms in total. The van der Waals surface area contributed by atoms with Crippen molar-refractivity contribution in [2.75, 3.05) is 7.11 Å². The molecular weight excluding hydrogens is 250 g/mol. The van der Waals surface area contributed by atoms with Crippen molar-refractivity contribution in [3.05, 3.63) is 35.9 Å². The molecule has 0 heterocycles. The van der Waals surface area contributed by atoms with Crippen LogP contribution in [0.5, 0.6) is 0 Å². The Morgan fingerprint density at radius 2 is 1.95 bits per heavy atom. The van der Waals surface area contributed by atoms with Crippen molar-refractivity contribution in [3.63, 3.8) is 0 Å². The van der Waals surface area contributed by atoms with Crippen molar-refractivity contribution in [1.82, 2.24) is 5.32 Å². The van der Waals surface area contributed by atoms with Gasteiger partial charge in [-0.2, -0.15) is 0 Å². The van der Waals surface area contributed by atoms with Crippen LogP contribution < -0.4 is 5.32 Å². The predicted molar refractivity (Wildman–Crippen MR) is 82.5 cm³/mol. The SMILES string of the molecule is CCCCCCC(CC(=O)OC)NCc1ccccc1. The van der Waals surface area contributed by atoms with Gasteiger partial charge in [0.1, 0.15) is 0 Å². The highest BCUT2D eigenvalue weighted by Gasteiger charge is 2.13. The van der Waals surface area contributed by atoms with E-state index in [1.165, 1.54) is 31.9 Å². The Hall–Kier alpha value is -1.35. The maximum Gasteiger partial charge on any atom is 0.307 e. The number of benzene rings is 1. The van der Waals surface area contributed by atoms with Gasteiger partial charge in [0.25, 0.3) is 0 Å². The summed E-state index contributed by atoms with van der Waals surface area (Å²) >= 11 is 0. The number of methoxy groups -OCH3 is 1. The summed E-state index contributed by atoms with van der Waals surface area (Å²) < 4.78 is 4.78. The lowest BCUT2D eigenvalue weighted by atomic mass is 10.0. The zero-order valence-electron chi connectivity index (χ0n) is 12.7. The normalized spacial score (nSPS) is 12.1. The second-order valence-electron chi connectivity index (χ2n) is 5.19. The number of hydrogen-bond donors (Lipinski definition) is 1. The Bertz CT molecular complexity index is 365. The maximum atomic E-state index is 11.5. The molecule has 3 heteroatoms. The second kappa shape index (κ2) is 10.4. The van der Waals surface area contributed by atoms with Gasteiger partial charge in [-0.3, -0.25) is 4.79 Å². The monoisotopic (exact) mass is 277 g/mol. The molecule has 0 fully saturated rings. The van der Waals surface area contributed by atoms with Crippen LogP contribution in [0.25, 0.3) is 0 Å². The Labute approximate surface area is 122 Å². The third kappa shape index (κ3) is 7.29. The van der Waals surface area contributed by atoms with E-state index in [2.05, 4.69) is 24.4 Å². The fourth-order valence-corrected chi connectivity index (χ4v) is 2.24. The summed E-state index contributed by atoms with van der Waals surface area (Å²) in [4.78, 5) is 11.5. The van der Waals surface area contributed by atoms with E-state index < -0.39 is 0 Å². The molecule has 0 aliphatic carbocycles.